The van der Waals surface area contributed by atoms with Crippen LogP contribution < -0.4 is 11.1 Å². The molecule has 0 bridgehead atoms. The maximum absolute atomic E-state index is 8.86. The minimum atomic E-state index is 0.131. The van der Waals surface area contributed by atoms with Crippen molar-refractivity contribution < 1.29 is 5.11 Å². The number of nitrogens with one attached hydrogen (secondary N) is 1. The van der Waals surface area contributed by atoms with E-state index in [1.165, 1.54) is 0 Å². The number of anilines is 2. The number of nitriles is 1. The zero-order valence-electron chi connectivity index (χ0n) is 9.27. The first-order chi connectivity index (χ1) is 7.71. The van der Waals surface area contributed by atoms with E-state index in [4.69, 9.17) is 16.1 Å². The van der Waals surface area contributed by atoms with E-state index in [1.54, 1.807) is 12.1 Å². The number of aromatic nitrogens is 1. The van der Waals surface area contributed by atoms with Gasteiger partial charge in [0.05, 0.1) is 5.69 Å². The summed E-state index contributed by atoms with van der Waals surface area (Å²) >= 11 is 0. The molecule has 4 N–H and O–H groups in total. The minimum absolute atomic E-state index is 0.131. The van der Waals surface area contributed by atoms with Gasteiger partial charge in [0.15, 0.2) is 5.69 Å². The van der Waals surface area contributed by atoms with E-state index in [1.807, 2.05) is 13.0 Å². The van der Waals surface area contributed by atoms with Crippen molar-refractivity contribution in [1.29, 1.82) is 5.26 Å². The molecule has 0 aromatic carbocycles. The van der Waals surface area contributed by atoms with Crippen LogP contribution in [0.5, 0.6) is 0 Å². The van der Waals surface area contributed by atoms with Gasteiger partial charge in [-0.3, -0.25) is 0 Å². The third kappa shape index (κ3) is 3.11. The highest BCUT2D eigenvalue weighted by Crippen LogP contribution is 2.14. The van der Waals surface area contributed by atoms with E-state index in [0.29, 0.717) is 17.9 Å². The molecular formula is C11H16N4O. The molecule has 0 aliphatic rings. The second-order valence-electron chi connectivity index (χ2n) is 3.51. The van der Waals surface area contributed by atoms with E-state index < -0.39 is 0 Å². The predicted molar refractivity (Wildman–Crippen MR) is 62.8 cm³/mol. The van der Waals surface area contributed by atoms with Gasteiger partial charge >= 0.3 is 0 Å². The largest absolute Gasteiger partial charge is 0.396 e. The zero-order chi connectivity index (χ0) is 12.0. The van der Waals surface area contributed by atoms with Crippen LogP contribution >= 0.6 is 0 Å². The highest BCUT2D eigenvalue weighted by Gasteiger charge is 2.07. The van der Waals surface area contributed by atoms with Gasteiger partial charge in [0.25, 0.3) is 0 Å². The lowest BCUT2D eigenvalue weighted by Crippen LogP contribution is -2.20. The van der Waals surface area contributed by atoms with Crippen molar-refractivity contribution in [2.75, 3.05) is 17.7 Å². The van der Waals surface area contributed by atoms with Gasteiger partial charge in [0, 0.05) is 12.6 Å². The van der Waals surface area contributed by atoms with Gasteiger partial charge in [-0.05, 0) is 25.0 Å². The third-order valence-corrected chi connectivity index (χ3v) is 2.35. The number of nitrogens with zero attached hydrogens (tertiary/aromatic N) is 2. The van der Waals surface area contributed by atoms with Crippen molar-refractivity contribution in [3.05, 3.63) is 17.8 Å². The molecule has 0 aliphatic heterocycles. The normalized spacial score (nSPS) is 11.8. The summed E-state index contributed by atoms with van der Waals surface area (Å²) in [5.74, 6) is 0.617. The number of nitrogens with two attached hydrogens (primary N) is 1. The van der Waals surface area contributed by atoms with Crippen LogP contribution in [0, 0.1) is 11.3 Å². The van der Waals surface area contributed by atoms with Crippen molar-refractivity contribution in [3.63, 3.8) is 0 Å². The molecule has 0 radical (unpaired) electrons. The Kier molecular flexibility index (Phi) is 4.55. The van der Waals surface area contributed by atoms with Gasteiger partial charge in [0.2, 0.25) is 0 Å². The Morgan fingerprint density at radius 2 is 2.38 bits per heavy atom. The first-order valence-electron chi connectivity index (χ1n) is 5.25. The monoisotopic (exact) mass is 220 g/mol. The molecule has 0 fully saturated rings. The smallest absolute Gasteiger partial charge is 0.165 e. The van der Waals surface area contributed by atoms with Crippen LogP contribution in [-0.4, -0.2) is 22.7 Å². The van der Waals surface area contributed by atoms with Crippen LogP contribution in [0.2, 0.25) is 0 Å². The van der Waals surface area contributed by atoms with E-state index in [2.05, 4.69) is 10.3 Å². The molecule has 5 heteroatoms. The second kappa shape index (κ2) is 5.93. The van der Waals surface area contributed by atoms with Crippen molar-refractivity contribution in [3.8, 4) is 6.07 Å². The summed E-state index contributed by atoms with van der Waals surface area (Å²) in [5, 5.41) is 20.8. The van der Waals surface area contributed by atoms with Gasteiger partial charge in [-0.2, -0.15) is 5.26 Å². The maximum Gasteiger partial charge on any atom is 0.165 e. The molecule has 1 heterocycles. The molecule has 1 aromatic rings. The highest BCUT2D eigenvalue weighted by molar-refractivity contribution is 5.54. The first kappa shape index (κ1) is 12.3. The summed E-state index contributed by atoms with van der Waals surface area (Å²) in [7, 11) is 0. The van der Waals surface area contributed by atoms with Crippen LogP contribution in [0.15, 0.2) is 12.1 Å². The number of hydrogen-bond donors (Lipinski definition) is 3. The Labute approximate surface area is 94.9 Å². The molecule has 1 aromatic heterocycles. The Morgan fingerprint density at radius 3 is 2.94 bits per heavy atom. The van der Waals surface area contributed by atoms with Crippen LogP contribution in [0.4, 0.5) is 11.5 Å². The summed E-state index contributed by atoms with van der Waals surface area (Å²) in [6.07, 6.45) is 1.54. The van der Waals surface area contributed by atoms with Crippen molar-refractivity contribution in [2.24, 2.45) is 0 Å². The van der Waals surface area contributed by atoms with Crippen molar-refractivity contribution in [2.45, 2.75) is 25.8 Å². The average Bonchev–Trinajstić information content (AvgIpc) is 2.30. The van der Waals surface area contributed by atoms with Gasteiger partial charge < -0.3 is 16.2 Å². The van der Waals surface area contributed by atoms with Gasteiger partial charge in [-0.15, -0.1) is 0 Å². The van der Waals surface area contributed by atoms with E-state index in [-0.39, 0.29) is 18.3 Å². The van der Waals surface area contributed by atoms with Crippen LogP contribution in [-0.2, 0) is 0 Å². The van der Waals surface area contributed by atoms with Crippen LogP contribution in [0.3, 0.4) is 0 Å². The SMILES string of the molecule is CCC(CCO)Nc1ccc(N)c(C#N)n1. The van der Waals surface area contributed by atoms with Crippen molar-refractivity contribution >= 4 is 11.5 Å². The molecule has 0 spiro atoms. The fourth-order valence-electron chi connectivity index (χ4n) is 1.38. The average molecular weight is 220 g/mol. The van der Waals surface area contributed by atoms with E-state index in [9.17, 15) is 0 Å². The number of aliphatic hydroxyl groups excluding tert-OH is 1. The molecular weight excluding hydrogens is 204 g/mol. The molecule has 0 aliphatic carbocycles. The Bertz CT molecular complexity index is 386. The maximum atomic E-state index is 8.86. The zero-order valence-corrected chi connectivity index (χ0v) is 9.27. The summed E-state index contributed by atoms with van der Waals surface area (Å²) < 4.78 is 0. The van der Waals surface area contributed by atoms with Crippen LogP contribution in [0.1, 0.15) is 25.5 Å². The molecule has 0 amide bonds. The third-order valence-electron chi connectivity index (χ3n) is 2.35. The quantitative estimate of drug-likeness (QED) is 0.690. The Balaban J connectivity index is 2.77. The van der Waals surface area contributed by atoms with Crippen LogP contribution in [0.25, 0.3) is 0 Å². The fourth-order valence-corrected chi connectivity index (χ4v) is 1.38. The van der Waals surface area contributed by atoms with Gasteiger partial charge in [-0.25, -0.2) is 4.98 Å². The standard InChI is InChI=1S/C11H16N4O/c1-2-8(5-6-16)14-11-4-3-9(13)10(7-12)15-11/h3-4,8,16H,2,5-6,13H2,1H3,(H,14,15). The number of hydrogen-bond acceptors (Lipinski definition) is 5. The van der Waals surface area contributed by atoms with Crippen molar-refractivity contribution in [1.82, 2.24) is 4.98 Å². The molecule has 86 valence electrons. The fraction of sp³-hybridized carbons (Fsp3) is 0.455. The Morgan fingerprint density at radius 1 is 1.62 bits per heavy atom. The number of aliphatic hydroxyl groups is 1. The van der Waals surface area contributed by atoms with E-state index >= 15 is 0 Å². The molecule has 1 rings (SSSR count). The highest BCUT2D eigenvalue weighted by atomic mass is 16.3. The number of rotatable bonds is 5. The summed E-state index contributed by atoms with van der Waals surface area (Å²) in [5.41, 5.74) is 6.17. The summed E-state index contributed by atoms with van der Waals surface area (Å²) in [6.45, 7) is 2.15. The molecule has 5 nitrogen and oxygen atoms in total. The lowest BCUT2D eigenvalue weighted by molar-refractivity contribution is 0.278. The van der Waals surface area contributed by atoms with Gasteiger partial charge in [-0.1, -0.05) is 6.92 Å². The molecule has 1 unspecified atom stereocenters. The lowest BCUT2D eigenvalue weighted by atomic mass is 10.1. The number of pyridine rings is 1. The molecule has 0 saturated carbocycles. The summed E-state index contributed by atoms with van der Waals surface area (Å²) in [4.78, 5) is 4.08. The molecule has 1 atom stereocenters. The lowest BCUT2D eigenvalue weighted by Gasteiger charge is -2.16. The first-order valence-corrected chi connectivity index (χ1v) is 5.25. The topological polar surface area (TPSA) is 95.0 Å². The summed E-state index contributed by atoms with van der Waals surface area (Å²) in [6, 6.07) is 5.48. The number of nitrogen functional groups attached to an aromatic ring is 1. The molecule has 16 heavy (non-hydrogen) atoms. The predicted octanol–water partition coefficient (Wildman–Crippen LogP) is 1.11. The molecule has 0 saturated heterocycles. The van der Waals surface area contributed by atoms with E-state index in [0.717, 1.165) is 6.42 Å². The minimum Gasteiger partial charge on any atom is -0.396 e. The van der Waals surface area contributed by atoms with Gasteiger partial charge in [0.1, 0.15) is 11.9 Å². The second-order valence-corrected chi connectivity index (χ2v) is 3.51. The Hall–Kier alpha value is -1.80.